The van der Waals surface area contributed by atoms with Crippen LogP contribution in [0.1, 0.15) is 41.6 Å². The Morgan fingerprint density at radius 1 is 1.24 bits per heavy atom. The van der Waals surface area contributed by atoms with Crippen molar-refractivity contribution < 1.29 is 9.90 Å². The molecular formula is C14H17NO2. The van der Waals surface area contributed by atoms with Gasteiger partial charge in [-0.1, -0.05) is 12.1 Å². The van der Waals surface area contributed by atoms with E-state index in [1.54, 1.807) is 12.1 Å². The smallest absolute Gasteiger partial charge is 0.335 e. The maximum Gasteiger partial charge on any atom is 0.335 e. The number of carboxylic acids is 1. The van der Waals surface area contributed by atoms with Gasteiger partial charge in [0.05, 0.1) is 5.56 Å². The summed E-state index contributed by atoms with van der Waals surface area (Å²) < 4.78 is 0. The van der Waals surface area contributed by atoms with Gasteiger partial charge in [0, 0.05) is 18.6 Å². The van der Waals surface area contributed by atoms with Crippen LogP contribution in [0, 0.1) is 0 Å². The van der Waals surface area contributed by atoms with E-state index in [1.807, 2.05) is 12.1 Å². The highest BCUT2D eigenvalue weighted by Crippen LogP contribution is 2.38. The van der Waals surface area contributed by atoms with E-state index in [0.717, 1.165) is 24.2 Å². The zero-order valence-electron chi connectivity index (χ0n) is 9.80. The number of hydrogen-bond acceptors (Lipinski definition) is 2. The molecular weight excluding hydrogens is 214 g/mol. The van der Waals surface area contributed by atoms with Crippen molar-refractivity contribution in [3.63, 3.8) is 0 Å². The third kappa shape index (κ3) is 1.95. The predicted octanol–water partition coefficient (Wildman–Crippen LogP) is 2.51. The van der Waals surface area contributed by atoms with Crippen molar-refractivity contribution in [1.82, 2.24) is 4.90 Å². The standard InChI is InChI=1S/C14H17NO2/c16-14(17)11-3-1-2-10(8-11)9-15-12-4-5-13(15)7-6-12/h1-3,8,12-13H,4-7,9H2,(H,16,17). The Morgan fingerprint density at radius 2 is 1.88 bits per heavy atom. The highest BCUT2D eigenvalue weighted by Gasteiger charge is 2.38. The molecule has 3 nitrogen and oxygen atoms in total. The lowest BCUT2D eigenvalue weighted by Crippen LogP contribution is -2.27. The Morgan fingerprint density at radius 3 is 2.47 bits per heavy atom. The Bertz CT molecular complexity index is 424. The maximum atomic E-state index is 10.9. The Balaban J connectivity index is 1.77. The van der Waals surface area contributed by atoms with E-state index in [-0.39, 0.29) is 0 Å². The average Bonchev–Trinajstić information content (AvgIpc) is 2.89. The molecule has 1 aromatic carbocycles. The van der Waals surface area contributed by atoms with Crippen molar-refractivity contribution >= 4 is 5.97 Å². The van der Waals surface area contributed by atoms with Crippen molar-refractivity contribution in [2.75, 3.05) is 0 Å². The van der Waals surface area contributed by atoms with Crippen LogP contribution >= 0.6 is 0 Å². The van der Waals surface area contributed by atoms with E-state index >= 15 is 0 Å². The summed E-state index contributed by atoms with van der Waals surface area (Å²) in [6.07, 6.45) is 5.29. The van der Waals surface area contributed by atoms with Crippen molar-refractivity contribution in [1.29, 1.82) is 0 Å². The monoisotopic (exact) mass is 231 g/mol. The second-order valence-corrected chi connectivity index (χ2v) is 5.14. The van der Waals surface area contributed by atoms with Crippen LogP contribution in [0.2, 0.25) is 0 Å². The summed E-state index contributed by atoms with van der Waals surface area (Å²) in [6.45, 7) is 0.913. The quantitative estimate of drug-likeness (QED) is 0.869. The van der Waals surface area contributed by atoms with Crippen LogP contribution in [0.5, 0.6) is 0 Å². The topological polar surface area (TPSA) is 40.5 Å². The van der Waals surface area contributed by atoms with Crippen LogP contribution in [0.4, 0.5) is 0 Å². The minimum Gasteiger partial charge on any atom is -0.478 e. The Labute approximate surface area is 101 Å². The maximum absolute atomic E-state index is 10.9. The number of carboxylic acid groups (broad SMARTS) is 1. The fourth-order valence-corrected chi connectivity index (χ4v) is 3.29. The molecule has 0 radical (unpaired) electrons. The molecule has 2 aliphatic heterocycles. The minimum atomic E-state index is -0.837. The molecule has 2 bridgehead atoms. The van der Waals surface area contributed by atoms with Gasteiger partial charge in [0.15, 0.2) is 0 Å². The van der Waals surface area contributed by atoms with Gasteiger partial charge in [-0.15, -0.1) is 0 Å². The molecule has 0 unspecified atom stereocenters. The van der Waals surface area contributed by atoms with Gasteiger partial charge >= 0.3 is 5.97 Å². The van der Waals surface area contributed by atoms with Crippen molar-refractivity contribution in [2.45, 2.75) is 44.3 Å². The predicted molar refractivity (Wildman–Crippen MR) is 65.0 cm³/mol. The summed E-state index contributed by atoms with van der Waals surface area (Å²) in [6, 6.07) is 8.83. The third-order valence-corrected chi connectivity index (χ3v) is 4.14. The summed E-state index contributed by atoms with van der Waals surface area (Å²) in [5, 5.41) is 8.97. The van der Waals surface area contributed by atoms with E-state index in [2.05, 4.69) is 4.90 Å². The van der Waals surface area contributed by atoms with Gasteiger partial charge in [-0.25, -0.2) is 4.79 Å². The summed E-state index contributed by atoms with van der Waals surface area (Å²) in [5.74, 6) is -0.837. The molecule has 1 N–H and O–H groups in total. The van der Waals surface area contributed by atoms with Crippen molar-refractivity contribution in [2.24, 2.45) is 0 Å². The number of carbonyl (C=O) groups is 1. The van der Waals surface area contributed by atoms with Crippen LogP contribution in [-0.4, -0.2) is 28.1 Å². The van der Waals surface area contributed by atoms with E-state index in [9.17, 15) is 4.79 Å². The number of nitrogens with zero attached hydrogens (tertiary/aromatic N) is 1. The van der Waals surface area contributed by atoms with E-state index in [4.69, 9.17) is 5.11 Å². The molecule has 90 valence electrons. The molecule has 3 heteroatoms. The molecule has 2 aliphatic rings. The van der Waals surface area contributed by atoms with Gasteiger partial charge in [0.25, 0.3) is 0 Å². The van der Waals surface area contributed by atoms with Crippen LogP contribution in [0.15, 0.2) is 24.3 Å². The van der Waals surface area contributed by atoms with Crippen LogP contribution in [0.25, 0.3) is 0 Å². The summed E-state index contributed by atoms with van der Waals surface area (Å²) in [5.41, 5.74) is 1.53. The van der Waals surface area contributed by atoms with Gasteiger partial charge in [-0.2, -0.15) is 0 Å². The van der Waals surface area contributed by atoms with E-state index in [1.165, 1.54) is 25.7 Å². The number of benzene rings is 1. The molecule has 17 heavy (non-hydrogen) atoms. The first-order chi connectivity index (χ1) is 8.24. The van der Waals surface area contributed by atoms with Crippen molar-refractivity contribution in [3.8, 4) is 0 Å². The molecule has 0 aromatic heterocycles. The number of fused-ring (bicyclic) bond motifs is 2. The molecule has 1 aromatic rings. The Hall–Kier alpha value is -1.35. The first-order valence-electron chi connectivity index (χ1n) is 6.32. The molecule has 3 rings (SSSR count). The lowest BCUT2D eigenvalue weighted by Gasteiger charge is -2.21. The third-order valence-electron chi connectivity index (χ3n) is 4.14. The van der Waals surface area contributed by atoms with Crippen LogP contribution in [-0.2, 0) is 6.54 Å². The first-order valence-corrected chi connectivity index (χ1v) is 6.32. The molecule has 0 amide bonds. The highest BCUT2D eigenvalue weighted by atomic mass is 16.4. The molecule has 2 fully saturated rings. The van der Waals surface area contributed by atoms with Crippen LogP contribution in [0.3, 0.4) is 0 Å². The second kappa shape index (κ2) is 4.15. The van der Waals surface area contributed by atoms with Gasteiger partial charge in [-0.05, 0) is 43.4 Å². The molecule has 2 saturated heterocycles. The summed E-state index contributed by atoms with van der Waals surface area (Å²) in [7, 11) is 0. The van der Waals surface area contributed by atoms with Gasteiger partial charge < -0.3 is 5.11 Å². The number of aromatic carboxylic acids is 1. The molecule has 0 aliphatic carbocycles. The van der Waals surface area contributed by atoms with Crippen LogP contribution < -0.4 is 0 Å². The van der Waals surface area contributed by atoms with Gasteiger partial charge in [0.1, 0.15) is 0 Å². The lowest BCUT2D eigenvalue weighted by atomic mass is 10.0. The number of hydrogen-bond donors (Lipinski definition) is 1. The molecule has 0 spiro atoms. The molecule has 0 atom stereocenters. The first kappa shape index (κ1) is 10.8. The lowest BCUT2D eigenvalue weighted by molar-refractivity contribution is 0.0696. The fourth-order valence-electron chi connectivity index (χ4n) is 3.29. The largest absolute Gasteiger partial charge is 0.478 e. The normalized spacial score (nSPS) is 27.5. The van der Waals surface area contributed by atoms with E-state index < -0.39 is 5.97 Å². The van der Waals surface area contributed by atoms with Crippen molar-refractivity contribution in [3.05, 3.63) is 35.4 Å². The highest BCUT2D eigenvalue weighted by molar-refractivity contribution is 5.87. The van der Waals surface area contributed by atoms with Gasteiger partial charge in [0.2, 0.25) is 0 Å². The number of rotatable bonds is 3. The zero-order valence-corrected chi connectivity index (χ0v) is 9.80. The Kier molecular flexibility index (Phi) is 2.63. The molecule has 2 heterocycles. The minimum absolute atomic E-state index is 0.397. The van der Waals surface area contributed by atoms with Gasteiger partial charge in [-0.3, -0.25) is 4.90 Å². The second-order valence-electron chi connectivity index (χ2n) is 5.14. The average molecular weight is 231 g/mol. The van der Waals surface area contributed by atoms with E-state index in [0.29, 0.717) is 5.56 Å². The SMILES string of the molecule is O=C(O)c1cccc(CN2C3CCC2CC3)c1. The zero-order chi connectivity index (χ0) is 11.8. The summed E-state index contributed by atoms with van der Waals surface area (Å²) in [4.78, 5) is 13.5. The molecule has 0 saturated carbocycles. The summed E-state index contributed by atoms with van der Waals surface area (Å²) >= 11 is 0. The fraction of sp³-hybridized carbons (Fsp3) is 0.500.